The van der Waals surface area contributed by atoms with Crippen molar-refractivity contribution in [1.29, 1.82) is 0 Å². The number of rotatable bonds is 3. The van der Waals surface area contributed by atoms with E-state index in [1.165, 1.54) is 0 Å². The van der Waals surface area contributed by atoms with Gasteiger partial charge < -0.3 is 16.0 Å². The van der Waals surface area contributed by atoms with Crippen molar-refractivity contribution >= 4 is 45.8 Å². The summed E-state index contributed by atoms with van der Waals surface area (Å²) in [5, 5.41) is 4.76. The highest BCUT2D eigenvalue weighted by Gasteiger charge is 2.26. The molecule has 0 atom stereocenters. The minimum absolute atomic E-state index is 0.338. The first-order chi connectivity index (χ1) is 12.5. The number of hydrogen-bond acceptors (Lipinski definition) is 3. The fraction of sp³-hybridized carbons (Fsp3) is 0.105. The molecule has 0 saturated heterocycles. The Bertz CT molecular complexity index is 1100. The van der Waals surface area contributed by atoms with Crippen LogP contribution in [0.4, 0.5) is 5.69 Å². The van der Waals surface area contributed by atoms with Gasteiger partial charge in [0.2, 0.25) is 5.91 Å². The normalized spacial score (nSPS) is 15.7. The van der Waals surface area contributed by atoms with Gasteiger partial charge in [0, 0.05) is 40.4 Å². The summed E-state index contributed by atoms with van der Waals surface area (Å²) < 4.78 is 0. The quantitative estimate of drug-likeness (QED) is 0.663. The van der Waals surface area contributed by atoms with Gasteiger partial charge in [-0.1, -0.05) is 17.7 Å². The lowest BCUT2D eigenvalue weighted by atomic mass is 10.0. The van der Waals surface area contributed by atoms with Crippen molar-refractivity contribution in [3.05, 3.63) is 64.4 Å². The van der Waals surface area contributed by atoms with E-state index in [1.807, 2.05) is 43.5 Å². The van der Waals surface area contributed by atoms with Crippen LogP contribution in [0.3, 0.4) is 0 Å². The Morgan fingerprint density at radius 3 is 2.96 bits per heavy atom. The van der Waals surface area contributed by atoms with Crippen LogP contribution >= 0.6 is 11.6 Å². The first kappa shape index (κ1) is 16.4. The highest BCUT2D eigenvalue weighted by molar-refractivity contribution is 6.30. The summed E-state index contributed by atoms with van der Waals surface area (Å²) in [6.45, 7) is 1.96. The van der Waals surface area contributed by atoms with Gasteiger partial charge in [0.05, 0.1) is 11.4 Å². The number of hydrogen-bond donors (Lipinski definition) is 3. The van der Waals surface area contributed by atoms with Crippen molar-refractivity contribution in [2.75, 3.05) is 0 Å². The van der Waals surface area contributed by atoms with E-state index in [2.05, 4.69) is 20.3 Å². The molecule has 130 valence electrons. The van der Waals surface area contributed by atoms with E-state index in [1.54, 1.807) is 6.20 Å². The van der Waals surface area contributed by atoms with Gasteiger partial charge in [-0.2, -0.15) is 0 Å². The number of pyridine rings is 1. The average Bonchev–Trinajstić information content (AvgIpc) is 3.24. The van der Waals surface area contributed by atoms with E-state index >= 15 is 0 Å². The molecular weight excluding hydrogens is 350 g/mol. The number of aliphatic imine (C=N–C) groups is 1. The zero-order valence-corrected chi connectivity index (χ0v) is 14.8. The molecule has 0 unspecified atom stereocenters. The fourth-order valence-electron chi connectivity index (χ4n) is 3.08. The fourth-order valence-corrected chi connectivity index (χ4v) is 3.25. The van der Waals surface area contributed by atoms with Gasteiger partial charge >= 0.3 is 0 Å². The number of carbonyl (C=O) groups is 1. The predicted molar refractivity (Wildman–Crippen MR) is 103 cm³/mol. The monoisotopic (exact) mass is 365 g/mol. The molecule has 4 N–H and O–H groups in total. The van der Waals surface area contributed by atoms with Crippen molar-refractivity contribution in [2.24, 2.45) is 10.7 Å². The molecule has 0 spiro atoms. The number of aryl methyl sites for hydroxylation is 1. The number of aromatic amines is 1. The van der Waals surface area contributed by atoms with Gasteiger partial charge in [-0.25, -0.2) is 9.98 Å². The second kappa shape index (κ2) is 6.31. The molecule has 0 bridgehead atoms. The van der Waals surface area contributed by atoms with Crippen LogP contribution in [0.25, 0.3) is 16.7 Å². The molecule has 1 aromatic carbocycles. The van der Waals surface area contributed by atoms with Crippen LogP contribution in [0.5, 0.6) is 0 Å². The summed E-state index contributed by atoms with van der Waals surface area (Å²) in [6, 6.07) is 9.29. The van der Waals surface area contributed by atoms with E-state index in [4.69, 9.17) is 17.3 Å². The maximum atomic E-state index is 12.0. The summed E-state index contributed by atoms with van der Waals surface area (Å²) in [7, 11) is 0. The Hall–Kier alpha value is -3.12. The number of carbonyl (C=O) groups excluding carboxylic acids is 1. The Balaban J connectivity index is 1.77. The lowest BCUT2D eigenvalue weighted by Crippen LogP contribution is -2.15. The molecule has 1 amide bonds. The predicted octanol–water partition coefficient (Wildman–Crippen LogP) is 3.44. The minimum atomic E-state index is -0.474. The highest BCUT2D eigenvalue weighted by atomic mass is 35.5. The summed E-state index contributed by atoms with van der Waals surface area (Å²) in [6.07, 6.45) is 3.85. The molecule has 0 fully saturated rings. The number of primary amides is 1. The molecule has 3 aromatic rings. The van der Waals surface area contributed by atoms with Crippen LogP contribution in [0, 0.1) is 6.92 Å². The third kappa shape index (κ3) is 2.84. The van der Waals surface area contributed by atoms with Gasteiger partial charge in [0.15, 0.2) is 0 Å². The number of halogens is 1. The molecule has 3 heterocycles. The van der Waals surface area contributed by atoms with E-state index in [9.17, 15) is 4.79 Å². The molecule has 4 rings (SSSR count). The van der Waals surface area contributed by atoms with Gasteiger partial charge in [0.25, 0.3) is 0 Å². The molecule has 2 aromatic heterocycles. The van der Waals surface area contributed by atoms with Crippen molar-refractivity contribution in [1.82, 2.24) is 15.3 Å². The Morgan fingerprint density at radius 1 is 1.31 bits per heavy atom. The van der Waals surface area contributed by atoms with Crippen LogP contribution < -0.4 is 11.1 Å². The lowest BCUT2D eigenvalue weighted by molar-refractivity contribution is -0.114. The van der Waals surface area contributed by atoms with Crippen molar-refractivity contribution in [3.63, 3.8) is 0 Å². The number of amidine groups is 1. The second-order valence-corrected chi connectivity index (χ2v) is 6.54. The Kier molecular flexibility index (Phi) is 3.97. The maximum Gasteiger partial charge on any atom is 0.247 e. The first-order valence-corrected chi connectivity index (χ1v) is 8.47. The highest BCUT2D eigenvalue weighted by Crippen LogP contribution is 2.31. The summed E-state index contributed by atoms with van der Waals surface area (Å²) in [4.78, 5) is 24.0. The summed E-state index contributed by atoms with van der Waals surface area (Å²) in [5.74, 6) is 0.181. The third-order valence-corrected chi connectivity index (χ3v) is 4.61. The molecule has 0 aliphatic carbocycles. The summed E-state index contributed by atoms with van der Waals surface area (Å²) >= 11 is 6.13. The maximum absolute atomic E-state index is 12.0. The standard InChI is InChI=1S/C19H16ClN5O/c1-10-2-3-11(20)8-13(10)17-14(18(21)26)9-16(25-17)24-15-5-7-23-19-12(15)4-6-22-19/h2-8H,9H2,1H3,(H2,21,26)(H2,22,23,24,25). The van der Waals surface area contributed by atoms with E-state index in [0.29, 0.717) is 28.5 Å². The zero-order valence-electron chi connectivity index (χ0n) is 14.0. The van der Waals surface area contributed by atoms with Crippen molar-refractivity contribution in [2.45, 2.75) is 13.3 Å². The molecule has 7 heteroatoms. The van der Waals surface area contributed by atoms with Crippen molar-refractivity contribution < 1.29 is 4.79 Å². The van der Waals surface area contributed by atoms with Crippen molar-refractivity contribution in [3.8, 4) is 0 Å². The van der Waals surface area contributed by atoms with Gasteiger partial charge in [-0.05, 0) is 36.8 Å². The largest absolute Gasteiger partial charge is 0.366 e. The molecule has 1 aliphatic rings. The zero-order chi connectivity index (χ0) is 18.3. The minimum Gasteiger partial charge on any atom is -0.366 e. The molecule has 0 saturated carbocycles. The van der Waals surface area contributed by atoms with E-state index in [0.717, 1.165) is 27.8 Å². The van der Waals surface area contributed by atoms with E-state index < -0.39 is 5.91 Å². The number of benzene rings is 1. The molecule has 26 heavy (non-hydrogen) atoms. The SMILES string of the molecule is Cc1ccc(Cl)cc1C1=C(C(N)=O)CC(=Nc2ccnc3[nH]ccc23)N1. The number of amides is 1. The van der Waals surface area contributed by atoms with Gasteiger partial charge in [-0.3, -0.25) is 4.79 Å². The average molecular weight is 366 g/mol. The number of nitrogens with one attached hydrogen (secondary N) is 2. The second-order valence-electron chi connectivity index (χ2n) is 6.11. The van der Waals surface area contributed by atoms with Gasteiger partial charge in [0.1, 0.15) is 11.5 Å². The molecular formula is C19H16ClN5O. The number of aromatic nitrogens is 2. The molecule has 0 radical (unpaired) electrons. The van der Waals surface area contributed by atoms with Crippen LogP contribution in [-0.4, -0.2) is 21.7 Å². The third-order valence-electron chi connectivity index (χ3n) is 4.37. The lowest BCUT2D eigenvalue weighted by Gasteiger charge is -2.10. The topological polar surface area (TPSA) is 96.2 Å². The molecule has 6 nitrogen and oxygen atoms in total. The van der Waals surface area contributed by atoms with Crippen LogP contribution in [0.1, 0.15) is 17.5 Å². The first-order valence-electron chi connectivity index (χ1n) is 8.09. The number of nitrogens with two attached hydrogens (primary N) is 1. The van der Waals surface area contributed by atoms with Crippen LogP contribution in [-0.2, 0) is 4.79 Å². The van der Waals surface area contributed by atoms with Gasteiger partial charge in [-0.15, -0.1) is 0 Å². The smallest absolute Gasteiger partial charge is 0.247 e. The summed E-state index contributed by atoms with van der Waals surface area (Å²) in [5.41, 5.74) is 10.1. The van der Waals surface area contributed by atoms with Crippen LogP contribution in [0.2, 0.25) is 5.02 Å². The Labute approximate surface area is 154 Å². The number of nitrogens with zero attached hydrogens (tertiary/aromatic N) is 2. The van der Waals surface area contributed by atoms with E-state index in [-0.39, 0.29) is 0 Å². The Morgan fingerprint density at radius 2 is 2.15 bits per heavy atom. The molecule has 1 aliphatic heterocycles. The van der Waals surface area contributed by atoms with Crippen LogP contribution in [0.15, 0.2) is 53.3 Å². The number of H-pyrrole nitrogens is 1. The number of fused-ring (bicyclic) bond motifs is 1.